The van der Waals surface area contributed by atoms with Gasteiger partial charge in [-0.1, -0.05) is 23.9 Å². The predicted molar refractivity (Wildman–Crippen MR) is 101 cm³/mol. The number of aromatic nitrogens is 2. The van der Waals surface area contributed by atoms with E-state index in [1.54, 1.807) is 12.1 Å². The molecule has 0 fully saturated rings. The number of benzene rings is 2. The zero-order valence-electron chi connectivity index (χ0n) is 14.7. The molecule has 2 heterocycles. The number of thioether (sulfide) groups is 1. The summed E-state index contributed by atoms with van der Waals surface area (Å²) in [4.78, 5) is 11.9. The van der Waals surface area contributed by atoms with Crippen LogP contribution in [0.3, 0.4) is 0 Å². The van der Waals surface area contributed by atoms with Crippen molar-refractivity contribution < 1.29 is 13.2 Å². The summed E-state index contributed by atoms with van der Waals surface area (Å²) >= 11 is 1.33. The van der Waals surface area contributed by atoms with Gasteiger partial charge in [0.05, 0.1) is 0 Å². The van der Waals surface area contributed by atoms with Crippen LogP contribution >= 0.6 is 11.8 Å². The highest BCUT2D eigenvalue weighted by Crippen LogP contribution is 2.29. The SMILES string of the molecule is Cc1ccc2c(CSc3nnc(-c4ccc(F)cc4)o3)cc(=O)oc2c1C. The van der Waals surface area contributed by atoms with E-state index in [2.05, 4.69) is 10.2 Å². The smallest absolute Gasteiger partial charge is 0.336 e. The summed E-state index contributed by atoms with van der Waals surface area (Å²) in [7, 11) is 0. The summed E-state index contributed by atoms with van der Waals surface area (Å²) in [6, 6.07) is 11.3. The summed E-state index contributed by atoms with van der Waals surface area (Å²) in [6.07, 6.45) is 0. The quantitative estimate of drug-likeness (QED) is 0.370. The Labute approximate surface area is 158 Å². The third-order valence-electron chi connectivity index (χ3n) is 4.37. The standard InChI is InChI=1S/C20H15FN2O3S/c1-11-3-8-16-14(9-17(24)25-18(16)12(11)2)10-27-20-23-22-19(26-20)13-4-6-15(21)7-5-13/h3-9H,10H2,1-2H3. The molecule has 0 atom stereocenters. The molecule has 0 N–H and O–H groups in total. The van der Waals surface area contributed by atoms with Crippen LogP contribution in [-0.4, -0.2) is 10.2 Å². The maximum absolute atomic E-state index is 13.0. The number of aryl methyl sites for hydroxylation is 2. The fourth-order valence-corrected chi connectivity index (χ4v) is 3.51. The molecule has 0 radical (unpaired) electrons. The van der Waals surface area contributed by atoms with Crippen molar-refractivity contribution in [3.8, 4) is 11.5 Å². The monoisotopic (exact) mass is 382 g/mol. The lowest BCUT2D eigenvalue weighted by Gasteiger charge is -2.07. The van der Waals surface area contributed by atoms with E-state index < -0.39 is 0 Å². The van der Waals surface area contributed by atoms with Crippen LogP contribution in [-0.2, 0) is 5.75 Å². The molecule has 2 aromatic carbocycles. The second-order valence-corrected chi connectivity index (χ2v) is 7.07. The Bertz CT molecular complexity index is 1180. The molecule has 27 heavy (non-hydrogen) atoms. The Hall–Kier alpha value is -2.93. The van der Waals surface area contributed by atoms with E-state index in [0.717, 1.165) is 22.1 Å². The Kier molecular flexibility index (Phi) is 4.53. The largest absolute Gasteiger partial charge is 0.422 e. The molecule has 0 bridgehead atoms. The molecule has 0 aliphatic rings. The van der Waals surface area contributed by atoms with Gasteiger partial charge in [0.1, 0.15) is 11.4 Å². The molecular weight excluding hydrogens is 367 g/mol. The van der Waals surface area contributed by atoms with Gasteiger partial charge in [0.25, 0.3) is 5.22 Å². The Morgan fingerprint density at radius 3 is 2.59 bits per heavy atom. The van der Waals surface area contributed by atoms with E-state index in [1.165, 1.54) is 30.0 Å². The molecule has 0 aliphatic heterocycles. The fraction of sp³-hybridized carbons (Fsp3) is 0.150. The maximum Gasteiger partial charge on any atom is 0.336 e. The second kappa shape index (κ2) is 7.00. The molecule has 0 saturated heterocycles. The average Bonchev–Trinajstić information content (AvgIpc) is 3.13. The zero-order valence-corrected chi connectivity index (χ0v) is 15.5. The molecule has 2 aromatic heterocycles. The van der Waals surface area contributed by atoms with Crippen molar-refractivity contribution in [3.63, 3.8) is 0 Å². The molecule has 0 saturated carbocycles. The second-order valence-electron chi connectivity index (χ2n) is 6.14. The third-order valence-corrected chi connectivity index (χ3v) is 5.23. The predicted octanol–water partition coefficient (Wildman–Crippen LogP) is 4.89. The normalized spacial score (nSPS) is 11.2. The number of nitrogens with zero attached hydrogens (tertiary/aromatic N) is 2. The van der Waals surface area contributed by atoms with Gasteiger partial charge in [-0.2, -0.15) is 0 Å². The number of fused-ring (bicyclic) bond motifs is 1. The van der Waals surface area contributed by atoms with Crippen LogP contribution in [0.25, 0.3) is 22.4 Å². The summed E-state index contributed by atoms with van der Waals surface area (Å²) < 4.78 is 24.0. The van der Waals surface area contributed by atoms with Gasteiger partial charge < -0.3 is 8.83 Å². The summed E-state index contributed by atoms with van der Waals surface area (Å²) in [5.74, 6) is 0.477. The number of halogens is 1. The van der Waals surface area contributed by atoms with Crippen LogP contribution < -0.4 is 5.63 Å². The number of hydrogen-bond acceptors (Lipinski definition) is 6. The molecule has 5 nitrogen and oxygen atoms in total. The van der Waals surface area contributed by atoms with Gasteiger partial charge in [0.2, 0.25) is 5.89 Å². The van der Waals surface area contributed by atoms with Gasteiger partial charge in [0, 0.05) is 22.8 Å². The molecule has 0 unspecified atom stereocenters. The minimum Gasteiger partial charge on any atom is -0.422 e. The minimum absolute atomic E-state index is 0.321. The van der Waals surface area contributed by atoms with Crippen LogP contribution in [0.2, 0.25) is 0 Å². The van der Waals surface area contributed by atoms with Crippen molar-refractivity contribution >= 4 is 22.7 Å². The highest BCUT2D eigenvalue weighted by atomic mass is 32.2. The van der Waals surface area contributed by atoms with Gasteiger partial charge in [0.15, 0.2) is 0 Å². The van der Waals surface area contributed by atoms with E-state index in [1.807, 2.05) is 26.0 Å². The van der Waals surface area contributed by atoms with Crippen LogP contribution in [0.4, 0.5) is 4.39 Å². The first-order valence-electron chi connectivity index (χ1n) is 8.26. The Balaban J connectivity index is 1.60. The molecule has 4 aromatic rings. The fourth-order valence-electron chi connectivity index (χ4n) is 2.76. The van der Waals surface area contributed by atoms with Gasteiger partial charge in [-0.05, 0) is 54.8 Å². The van der Waals surface area contributed by atoms with E-state index in [-0.39, 0.29) is 11.4 Å². The van der Waals surface area contributed by atoms with Crippen molar-refractivity contribution in [2.45, 2.75) is 24.8 Å². The van der Waals surface area contributed by atoms with Crippen LogP contribution in [0.5, 0.6) is 0 Å². The first kappa shape index (κ1) is 17.5. The molecule has 0 amide bonds. The Morgan fingerprint density at radius 1 is 1.04 bits per heavy atom. The average molecular weight is 382 g/mol. The summed E-state index contributed by atoms with van der Waals surface area (Å²) in [5.41, 5.74) is 3.73. The lowest BCUT2D eigenvalue weighted by atomic mass is 10.0. The topological polar surface area (TPSA) is 69.1 Å². The molecule has 0 spiro atoms. The lowest BCUT2D eigenvalue weighted by molar-refractivity contribution is 0.465. The van der Waals surface area contributed by atoms with E-state index in [4.69, 9.17) is 8.83 Å². The highest BCUT2D eigenvalue weighted by Gasteiger charge is 2.13. The van der Waals surface area contributed by atoms with Gasteiger partial charge in [-0.15, -0.1) is 10.2 Å². The summed E-state index contributed by atoms with van der Waals surface area (Å²) in [6.45, 7) is 3.91. The molecule has 7 heteroatoms. The zero-order chi connectivity index (χ0) is 19.0. The first-order valence-corrected chi connectivity index (χ1v) is 9.25. The molecule has 4 rings (SSSR count). The van der Waals surface area contributed by atoms with E-state index in [9.17, 15) is 9.18 Å². The molecule has 136 valence electrons. The maximum atomic E-state index is 13.0. The van der Waals surface area contributed by atoms with Crippen molar-refractivity contribution in [1.82, 2.24) is 10.2 Å². The van der Waals surface area contributed by atoms with Gasteiger partial charge in [-0.3, -0.25) is 0 Å². The molecule has 0 aliphatic carbocycles. The van der Waals surface area contributed by atoms with Crippen LogP contribution in [0, 0.1) is 19.7 Å². The number of rotatable bonds is 4. The minimum atomic E-state index is -0.385. The van der Waals surface area contributed by atoms with Crippen molar-refractivity contribution in [1.29, 1.82) is 0 Å². The first-order chi connectivity index (χ1) is 13.0. The van der Waals surface area contributed by atoms with Crippen molar-refractivity contribution in [2.75, 3.05) is 0 Å². The van der Waals surface area contributed by atoms with Gasteiger partial charge in [-0.25, -0.2) is 9.18 Å². The van der Waals surface area contributed by atoms with Crippen LogP contribution in [0.15, 0.2) is 61.3 Å². The van der Waals surface area contributed by atoms with Gasteiger partial charge >= 0.3 is 5.63 Å². The molecular formula is C20H15FN2O3S. The van der Waals surface area contributed by atoms with Crippen molar-refractivity contribution in [3.05, 3.63) is 75.4 Å². The highest BCUT2D eigenvalue weighted by molar-refractivity contribution is 7.98. The van der Waals surface area contributed by atoms with E-state index in [0.29, 0.717) is 28.0 Å². The van der Waals surface area contributed by atoms with E-state index >= 15 is 0 Å². The summed E-state index contributed by atoms with van der Waals surface area (Å²) in [5, 5.41) is 9.28. The number of hydrogen-bond donors (Lipinski definition) is 0. The Morgan fingerprint density at radius 2 is 1.81 bits per heavy atom. The van der Waals surface area contributed by atoms with Crippen molar-refractivity contribution in [2.24, 2.45) is 0 Å². The third kappa shape index (κ3) is 3.50. The lowest BCUT2D eigenvalue weighted by Crippen LogP contribution is -2.01. The van der Waals surface area contributed by atoms with Crippen LogP contribution in [0.1, 0.15) is 16.7 Å².